The first-order valence-corrected chi connectivity index (χ1v) is 19.7. The fourth-order valence-electron chi connectivity index (χ4n) is 8.47. The van der Waals surface area contributed by atoms with Gasteiger partial charge in [-0.3, -0.25) is 19.2 Å². The quantitative estimate of drug-likeness (QED) is 0.150. The fourth-order valence-corrected chi connectivity index (χ4v) is 8.47. The van der Waals surface area contributed by atoms with Gasteiger partial charge in [0.2, 0.25) is 11.8 Å². The van der Waals surface area contributed by atoms with Crippen LogP contribution in [0.2, 0.25) is 0 Å². The Morgan fingerprint density at radius 3 is 2.22 bits per heavy atom. The van der Waals surface area contributed by atoms with Crippen LogP contribution in [0.4, 0.5) is 0 Å². The van der Waals surface area contributed by atoms with E-state index in [2.05, 4.69) is 43.5 Å². The van der Waals surface area contributed by atoms with Crippen molar-refractivity contribution in [3.05, 3.63) is 36.5 Å². The molecule has 1 aliphatic carbocycles. The van der Waals surface area contributed by atoms with E-state index in [9.17, 15) is 19.2 Å². The van der Waals surface area contributed by atoms with E-state index in [0.717, 1.165) is 57.9 Å². The molecule has 2 fully saturated rings. The van der Waals surface area contributed by atoms with Crippen LogP contribution in [-0.2, 0) is 28.7 Å². The number of ketones is 2. The maximum absolute atomic E-state index is 14.3. The SMILES string of the molecule is CC[C@H](C)[C@@H]([C@@H](CC(=O)N1CCC[C@H]1[C@H](OC)[C@@H](C)C(=O)CCCC1C=CC=CC=C1)OC)N(C)C(=O)[C@@H](CC(=O)[C@@]1(C)CCCCN1)C(C)C. The summed E-state index contributed by atoms with van der Waals surface area (Å²) in [7, 11) is 5.06. The Kier molecular flexibility index (Phi) is 17.3. The summed E-state index contributed by atoms with van der Waals surface area (Å²) < 4.78 is 12.0. The van der Waals surface area contributed by atoms with Crippen LogP contribution in [0.3, 0.4) is 0 Å². The van der Waals surface area contributed by atoms with Crippen molar-refractivity contribution in [1.29, 1.82) is 0 Å². The number of likely N-dealkylation sites (N-methyl/N-ethyl adjacent to an activating group) is 1. The fraction of sp³-hybridized carbons (Fsp3) is 0.762. The summed E-state index contributed by atoms with van der Waals surface area (Å²) in [5.41, 5.74) is -0.599. The van der Waals surface area contributed by atoms with Crippen molar-refractivity contribution in [2.75, 3.05) is 34.4 Å². The van der Waals surface area contributed by atoms with Crippen molar-refractivity contribution in [2.24, 2.45) is 29.6 Å². The maximum atomic E-state index is 14.3. The molecule has 2 saturated heterocycles. The van der Waals surface area contributed by atoms with E-state index in [0.29, 0.717) is 18.9 Å². The van der Waals surface area contributed by atoms with Crippen LogP contribution in [0.5, 0.6) is 0 Å². The highest BCUT2D eigenvalue weighted by Crippen LogP contribution is 2.32. The summed E-state index contributed by atoms with van der Waals surface area (Å²) in [6.45, 7) is 13.5. The summed E-state index contributed by atoms with van der Waals surface area (Å²) in [5, 5.41) is 3.41. The van der Waals surface area contributed by atoms with Crippen molar-refractivity contribution < 1.29 is 28.7 Å². The number of nitrogens with one attached hydrogen (secondary N) is 1. The molecule has 51 heavy (non-hydrogen) atoms. The zero-order chi connectivity index (χ0) is 37.7. The van der Waals surface area contributed by atoms with Crippen molar-refractivity contribution >= 4 is 23.4 Å². The molecule has 9 nitrogen and oxygen atoms in total. The predicted molar refractivity (Wildman–Crippen MR) is 204 cm³/mol. The zero-order valence-corrected chi connectivity index (χ0v) is 33.2. The average Bonchev–Trinajstić information content (AvgIpc) is 3.45. The first-order chi connectivity index (χ1) is 24.3. The molecule has 2 aliphatic heterocycles. The lowest BCUT2D eigenvalue weighted by Crippen LogP contribution is -2.55. The predicted octanol–water partition coefficient (Wildman–Crippen LogP) is 6.71. The van der Waals surface area contributed by atoms with Gasteiger partial charge < -0.3 is 24.6 Å². The third-order valence-corrected chi connectivity index (χ3v) is 12.1. The molecule has 8 atom stereocenters. The number of allylic oxidation sites excluding steroid dienone is 6. The van der Waals surface area contributed by atoms with E-state index >= 15 is 0 Å². The second-order valence-electron chi connectivity index (χ2n) is 16.0. The van der Waals surface area contributed by atoms with Crippen LogP contribution in [-0.4, -0.2) is 97.4 Å². The van der Waals surface area contributed by atoms with Gasteiger partial charge in [-0.15, -0.1) is 0 Å². The highest BCUT2D eigenvalue weighted by atomic mass is 16.5. The lowest BCUT2D eigenvalue weighted by Gasteiger charge is -2.41. The molecule has 0 aromatic rings. The second-order valence-corrected chi connectivity index (χ2v) is 16.0. The molecule has 9 heteroatoms. The normalized spacial score (nSPS) is 24.5. The van der Waals surface area contributed by atoms with Gasteiger partial charge in [-0.25, -0.2) is 0 Å². The van der Waals surface area contributed by atoms with Crippen molar-refractivity contribution in [1.82, 2.24) is 15.1 Å². The molecule has 1 N–H and O–H groups in total. The van der Waals surface area contributed by atoms with Gasteiger partial charge in [-0.1, -0.05) is 77.5 Å². The number of carbonyl (C=O) groups is 4. The zero-order valence-electron chi connectivity index (χ0n) is 33.2. The number of hydrogen-bond acceptors (Lipinski definition) is 7. The van der Waals surface area contributed by atoms with Crippen molar-refractivity contribution in [3.8, 4) is 0 Å². The Balaban J connectivity index is 1.70. The van der Waals surface area contributed by atoms with E-state index < -0.39 is 23.7 Å². The van der Waals surface area contributed by atoms with Crippen molar-refractivity contribution in [3.63, 3.8) is 0 Å². The second kappa shape index (κ2) is 20.6. The number of nitrogens with zero attached hydrogens (tertiary/aromatic N) is 2. The summed E-state index contributed by atoms with van der Waals surface area (Å²) >= 11 is 0. The molecule has 2 heterocycles. The minimum Gasteiger partial charge on any atom is -0.379 e. The molecular formula is C42H69N3O6. The summed E-state index contributed by atoms with van der Waals surface area (Å²) in [6, 6.07) is -0.560. The van der Waals surface area contributed by atoms with E-state index in [1.54, 1.807) is 19.1 Å². The molecule has 0 aromatic heterocycles. The topological polar surface area (TPSA) is 105 Å². The van der Waals surface area contributed by atoms with Gasteiger partial charge >= 0.3 is 0 Å². The number of methoxy groups -OCH3 is 2. The van der Waals surface area contributed by atoms with Crippen LogP contribution in [0, 0.1) is 29.6 Å². The van der Waals surface area contributed by atoms with Crippen molar-refractivity contribution in [2.45, 2.75) is 142 Å². The van der Waals surface area contributed by atoms with Gasteiger partial charge in [0.05, 0.1) is 36.3 Å². The lowest BCUT2D eigenvalue weighted by molar-refractivity contribution is -0.149. The van der Waals surface area contributed by atoms with Gasteiger partial charge in [-0.05, 0) is 76.2 Å². The highest BCUT2D eigenvalue weighted by Gasteiger charge is 2.43. The number of likely N-dealkylation sites (tertiary alicyclic amines) is 1. The van der Waals surface area contributed by atoms with E-state index in [1.807, 2.05) is 51.8 Å². The molecule has 0 bridgehead atoms. The third-order valence-electron chi connectivity index (χ3n) is 12.1. The average molecular weight is 712 g/mol. The minimum absolute atomic E-state index is 0.0277. The molecule has 3 aliphatic rings. The van der Waals surface area contributed by atoms with E-state index in [-0.39, 0.29) is 66.1 Å². The Labute approximate surface area is 309 Å². The molecule has 288 valence electrons. The number of amides is 2. The first kappa shape index (κ1) is 42.8. The Morgan fingerprint density at radius 1 is 0.961 bits per heavy atom. The van der Waals surface area contributed by atoms with E-state index in [4.69, 9.17) is 9.47 Å². The molecule has 0 aromatic carbocycles. The number of Topliss-reactive ketones (excluding diaryl/α,β-unsaturated/α-hetero) is 2. The number of piperidine rings is 1. The molecule has 3 rings (SSSR count). The van der Waals surface area contributed by atoms with Crippen LogP contribution in [0.1, 0.15) is 112 Å². The van der Waals surface area contributed by atoms with Gasteiger partial charge in [0.1, 0.15) is 5.78 Å². The smallest absolute Gasteiger partial charge is 0.226 e. The Morgan fingerprint density at radius 2 is 1.65 bits per heavy atom. The largest absolute Gasteiger partial charge is 0.379 e. The first-order valence-electron chi connectivity index (χ1n) is 19.7. The molecule has 0 saturated carbocycles. The van der Waals surface area contributed by atoms with Gasteiger partial charge in [0, 0.05) is 52.5 Å². The molecule has 0 spiro atoms. The molecule has 2 amide bonds. The number of ether oxygens (including phenoxy) is 2. The van der Waals surface area contributed by atoms with Crippen LogP contribution in [0.25, 0.3) is 0 Å². The van der Waals surface area contributed by atoms with E-state index in [1.165, 1.54) is 0 Å². The Hall–Kier alpha value is -2.62. The van der Waals surface area contributed by atoms with Gasteiger partial charge in [0.25, 0.3) is 0 Å². The lowest BCUT2D eigenvalue weighted by atomic mass is 9.79. The molecule has 0 unspecified atom stereocenters. The summed E-state index contributed by atoms with van der Waals surface area (Å²) in [4.78, 5) is 59.1. The molecule has 0 radical (unpaired) electrons. The Bertz CT molecular complexity index is 1220. The van der Waals surface area contributed by atoms with Gasteiger partial charge in [0.15, 0.2) is 5.78 Å². The molecular weight excluding hydrogens is 642 g/mol. The van der Waals surface area contributed by atoms with Crippen LogP contribution < -0.4 is 5.32 Å². The third kappa shape index (κ3) is 11.4. The number of hydrogen-bond donors (Lipinski definition) is 1. The number of carbonyl (C=O) groups excluding carboxylic acids is 4. The van der Waals surface area contributed by atoms with Crippen LogP contribution >= 0.6 is 0 Å². The maximum Gasteiger partial charge on any atom is 0.226 e. The monoisotopic (exact) mass is 712 g/mol. The van der Waals surface area contributed by atoms with Gasteiger partial charge in [-0.2, -0.15) is 0 Å². The standard InChI is InChI=1S/C42H69N3O6/c1-10-30(4)39(44(7)41(49)33(29(2)3)27-37(47)42(6)24-15-16-25-43-42)36(50-8)28-38(48)45-26-18-22-34(45)40(51-9)31(5)35(46)23-17-21-32-19-13-11-12-14-20-32/h11-14,19-20,29-34,36,39-40,43H,10,15-18,21-28H2,1-9H3/t30-,31-,33-,34-,36+,39-,40+,42+/m0/s1. The summed E-state index contributed by atoms with van der Waals surface area (Å²) in [5.74, 6) is -0.327. The number of rotatable bonds is 20. The minimum atomic E-state index is -0.599. The summed E-state index contributed by atoms with van der Waals surface area (Å²) in [6.07, 6.45) is 19.3. The highest BCUT2D eigenvalue weighted by molar-refractivity contribution is 5.92. The van der Waals surface area contributed by atoms with Crippen LogP contribution in [0.15, 0.2) is 36.5 Å².